The second-order valence-corrected chi connectivity index (χ2v) is 3.73. The van der Waals surface area contributed by atoms with Gasteiger partial charge in [-0.05, 0) is 12.1 Å². The highest BCUT2D eigenvalue weighted by atomic mass is 19.1. The molecule has 1 aromatic heterocycles. The zero-order valence-corrected chi connectivity index (χ0v) is 9.47. The van der Waals surface area contributed by atoms with Crippen LogP contribution in [0, 0.1) is 5.82 Å². The average molecular weight is 246 g/mol. The van der Waals surface area contributed by atoms with Crippen LogP contribution in [-0.2, 0) is 11.3 Å². The summed E-state index contributed by atoms with van der Waals surface area (Å²) in [6.07, 6.45) is 3.01. The minimum absolute atomic E-state index is 0.0224. The molecule has 1 aromatic carbocycles. The highest BCUT2D eigenvalue weighted by Crippen LogP contribution is 2.12. The van der Waals surface area contributed by atoms with E-state index in [0.29, 0.717) is 0 Å². The molecule has 0 radical (unpaired) electrons. The molecule has 1 N–H and O–H groups in total. The number of pyridine rings is 1. The van der Waals surface area contributed by atoms with Crippen LogP contribution in [0.2, 0.25) is 0 Å². The largest absolute Gasteiger partial charge is 0.345 e. The molecule has 0 fully saturated rings. The molecular weight excluding hydrogens is 235 g/mol. The third kappa shape index (κ3) is 3.04. The number of hydrogen-bond acceptors (Lipinski definition) is 2. The number of anilines is 1. The standard InChI is InChI=1S/C13H11FN2O2/c14-11-3-1-2-4-12(11)15-13(18)9-16-7-5-10(17)6-8-16/h1-8H,9H2,(H,15,18). The molecule has 0 spiro atoms. The van der Waals surface area contributed by atoms with Gasteiger partial charge in [0.2, 0.25) is 5.91 Å². The molecule has 92 valence electrons. The van der Waals surface area contributed by atoms with Crippen molar-refractivity contribution in [1.29, 1.82) is 0 Å². The number of carbonyl (C=O) groups is 1. The second-order valence-electron chi connectivity index (χ2n) is 3.73. The molecule has 1 heterocycles. The molecule has 0 saturated carbocycles. The summed E-state index contributed by atoms with van der Waals surface area (Å²) in [5.41, 5.74) is 0.0179. The summed E-state index contributed by atoms with van der Waals surface area (Å²) in [6, 6.07) is 8.66. The Labute approximate surface area is 103 Å². The van der Waals surface area contributed by atoms with Crippen molar-refractivity contribution < 1.29 is 9.18 Å². The van der Waals surface area contributed by atoms with E-state index in [1.54, 1.807) is 12.1 Å². The summed E-state index contributed by atoms with van der Waals surface area (Å²) in [5, 5.41) is 2.46. The predicted octanol–water partition coefficient (Wildman–Crippen LogP) is 1.63. The summed E-state index contributed by atoms with van der Waals surface area (Å²) in [4.78, 5) is 22.5. The number of halogens is 1. The number of amides is 1. The molecule has 0 unspecified atom stereocenters. The van der Waals surface area contributed by atoms with E-state index in [-0.39, 0.29) is 23.6 Å². The molecule has 18 heavy (non-hydrogen) atoms. The Balaban J connectivity index is 2.03. The minimum Gasteiger partial charge on any atom is -0.345 e. The van der Waals surface area contributed by atoms with Crippen molar-refractivity contribution in [2.75, 3.05) is 5.32 Å². The molecule has 5 heteroatoms. The zero-order valence-electron chi connectivity index (χ0n) is 9.47. The lowest BCUT2D eigenvalue weighted by Crippen LogP contribution is -2.19. The van der Waals surface area contributed by atoms with Crippen LogP contribution in [0.4, 0.5) is 10.1 Å². The number of benzene rings is 1. The lowest BCUT2D eigenvalue weighted by atomic mass is 10.3. The maximum Gasteiger partial charge on any atom is 0.244 e. The minimum atomic E-state index is -0.481. The lowest BCUT2D eigenvalue weighted by Gasteiger charge is -2.08. The van der Waals surface area contributed by atoms with Gasteiger partial charge in [-0.15, -0.1) is 0 Å². The Bertz CT molecular complexity index is 602. The molecule has 0 aliphatic carbocycles. The van der Waals surface area contributed by atoms with Gasteiger partial charge in [0.15, 0.2) is 5.43 Å². The fourth-order valence-electron chi connectivity index (χ4n) is 1.47. The van der Waals surface area contributed by atoms with Gasteiger partial charge in [-0.3, -0.25) is 9.59 Å². The van der Waals surface area contributed by atoms with Crippen LogP contribution in [0.25, 0.3) is 0 Å². The number of hydrogen-bond donors (Lipinski definition) is 1. The third-order valence-corrected chi connectivity index (χ3v) is 2.33. The Hall–Kier alpha value is -2.43. The molecule has 0 atom stereocenters. The van der Waals surface area contributed by atoms with Crippen molar-refractivity contribution in [3.05, 3.63) is 64.8 Å². The van der Waals surface area contributed by atoms with E-state index in [1.807, 2.05) is 0 Å². The zero-order chi connectivity index (χ0) is 13.0. The molecular formula is C13H11FN2O2. The van der Waals surface area contributed by atoms with Crippen molar-refractivity contribution in [3.8, 4) is 0 Å². The third-order valence-electron chi connectivity index (χ3n) is 2.33. The Kier molecular flexibility index (Phi) is 3.52. The van der Waals surface area contributed by atoms with Gasteiger partial charge in [0, 0.05) is 24.5 Å². The van der Waals surface area contributed by atoms with Crippen molar-refractivity contribution >= 4 is 11.6 Å². The lowest BCUT2D eigenvalue weighted by molar-refractivity contribution is -0.116. The van der Waals surface area contributed by atoms with E-state index in [9.17, 15) is 14.0 Å². The molecule has 0 bridgehead atoms. The number of nitrogens with one attached hydrogen (secondary N) is 1. The van der Waals surface area contributed by atoms with Gasteiger partial charge in [0.05, 0.1) is 5.69 Å². The van der Waals surface area contributed by atoms with Gasteiger partial charge < -0.3 is 9.88 Å². The monoisotopic (exact) mass is 246 g/mol. The first-order chi connectivity index (χ1) is 8.65. The first-order valence-corrected chi connectivity index (χ1v) is 5.35. The Morgan fingerprint density at radius 2 is 1.83 bits per heavy atom. The number of para-hydroxylation sites is 1. The SMILES string of the molecule is O=C(Cn1ccc(=O)cc1)Nc1ccccc1F. The smallest absolute Gasteiger partial charge is 0.244 e. The molecule has 2 rings (SSSR count). The van der Waals surface area contributed by atoms with E-state index in [2.05, 4.69) is 5.32 Å². The molecule has 0 saturated heterocycles. The number of nitrogens with zero attached hydrogens (tertiary/aromatic N) is 1. The van der Waals surface area contributed by atoms with Crippen LogP contribution in [0.3, 0.4) is 0 Å². The van der Waals surface area contributed by atoms with Crippen LogP contribution in [-0.4, -0.2) is 10.5 Å². The van der Waals surface area contributed by atoms with E-state index in [4.69, 9.17) is 0 Å². The summed E-state index contributed by atoms with van der Waals surface area (Å²) >= 11 is 0. The van der Waals surface area contributed by atoms with Crippen LogP contribution >= 0.6 is 0 Å². The van der Waals surface area contributed by atoms with Crippen molar-refractivity contribution in [2.45, 2.75) is 6.54 Å². The van der Waals surface area contributed by atoms with Gasteiger partial charge in [-0.2, -0.15) is 0 Å². The normalized spacial score (nSPS) is 10.1. The molecule has 1 amide bonds. The Morgan fingerprint density at radius 3 is 2.50 bits per heavy atom. The first kappa shape index (κ1) is 12.0. The number of aromatic nitrogens is 1. The summed E-state index contributed by atoms with van der Waals surface area (Å²) in [5.74, 6) is -0.838. The maximum absolute atomic E-state index is 13.3. The van der Waals surface area contributed by atoms with E-state index < -0.39 is 5.82 Å². The first-order valence-electron chi connectivity index (χ1n) is 5.35. The van der Waals surface area contributed by atoms with Gasteiger partial charge in [-0.1, -0.05) is 12.1 Å². The van der Waals surface area contributed by atoms with Crippen LogP contribution < -0.4 is 10.7 Å². The van der Waals surface area contributed by atoms with Crippen molar-refractivity contribution in [1.82, 2.24) is 4.57 Å². The van der Waals surface area contributed by atoms with Gasteiger partial charge in [0.1, 0.15) is 12.4 Å². The van der Waals surface area contributed by atoms with Gasteiger partial charge in [0.25, 0.3) is 0 Å². The summed E-state index contributed by atoms with van der Waals surface area (Å²) in [7, 11) is 0. The topological polar surface area (TPSA) is 51.1 Å². The maximum atomic E-state index is 13.3. The fourth-order valence-corrected chi connectivity index (χ4v) is 1.47. The summed E-state index contributed by atoms with van der Waals surface area (Å²) < 4.78 is 14.8. The quantitative estimate of drug-likeness (QED) is 0.894. The van der Waals surface area contributed by atoms with Crippen LogP contribution in [0.15, 0.2) is 53.6 Å². The van der Waals surface area contributed by atoms with Gasteiger partial charge in [-0.25, -0.2) is 4.39 Å². The molecule has 2 aromatic rings. The molecule has 0 aliphatic rings. The highest BCUT2D eigenvalue weighted by molar-refractivity contribution is 5.90. The Morgan fingerprint density at radius 1 is 1.17 bits per heavy atom. The van der Waals surface area contributed by atoms with E-state index in [0.717, 1.165) is 0 Å². The molecule has 4 nitrogen and oxygen atoms in total. The number of rotatable bonds is 3. The summed E-state index contributed by atoms with van der Waals surface area (Å²) in [6.45, 7) is 0.0224. The second kappa shape index (κ2) is 5.27. The van der Waals surface area contributed by atoms with Crippen LogP contribution in [0.1, 0.15) is 0 Å². The van der Waals surface area contributed by atoms with E-state index in [1.165, 1.54) is 41.2 Å². The molecule has 0 aliphatic heterocycles. The van der Waals surface area contributed by atoms with Crippen molar-refractivity contribution in [3.63, 3.8) is 0 Å². The van der Waals surface area contributed by atoms with E-state index >= 15 is 0 Å². The van der Waals surface area contributed by atoms with Crippen LogP contribution in [0.5, 0.6) is 0 Å². The highest BCUT2D eigenvalue weighted by Gasteiger charge is 2.05. The van der Waals surface area contributed by atoms with Gasteiger partial charge >= 0.3 is 0 Å². The van der Waals surface area contributed by atoms with Crippen molar-refractivity contribution in [2.24, 2.45) is 0 Å². The predicted molar refractivity (Wildman–Crippen MR) is 65.7 cm³/mol. The average Bonchev–Trinajstić information content (AvgIpc) is 2.35. The number of carbonyl (C=O) groups excluding carboxylic acids is 1. The fraction of sp³-hybridized carbons (Fsp3) is 0.0769.